The third-order valence-corrected chi connectivity index (χ3v) is 4.27. The number of benzene rings is 1. The minimum Gasteiger partial charge on any atom is -0.493 e. The summed E-state index contributed by atoms with van der Waals surface area (Å²) in [6.45, 7) is 3.56. The maximum Gasteiger partial charge on any atom is 0.225 e. The Balaban J connectivity index is 2.28. The van der Waals surface area contributed by atoms with Gasteiger partial charge in [-0.1, -0.05) is 6.07 Å². The molecule has 0 radical (unpaired) electrons. The number of carbonyl (C=O) groups is 1. The molecule has 1 saturated heterocycles. The van der Waals surface area contributed by atoms with Crippen molar-refractivity contribution < 1.29 is 28.8 Å². The van der Waals surface area contributed by atoms with Crippen molar-refractivity contribution in [1.82, 2.24) is 4.90 Å². The Kier molecular flexibility index (Phi) is 7.49. The average Bonchev–Trinajstić information content (AvgIpc) is 2.66. The highest BCUT2D eigenvalue weighted by Gasteiger charge is 2.36. The number of morpholine rings is 1. The maximum absolute atomic E-state index is 12.6. The average molecular weight is 353 g/mol. The normalized spacial score (nSPS) is 20.4. The van der Waals surface area contributed by atoms with Crippen molar-refractivity contribution in [2.45, 2.75) is 25.5 Å². The van der Waals surface area contributed by atoms with E-state index in [1.54, 1.807) is 25.2 Å². The van der Waals surface area contributed by atoms with Crippen LogP contribution in [-0.2, 0) is 14.3 Å². The lowest BCUT2D eigenvalue weighted by molar-refractivity contribution is -0.151. The zero-order valence-corrected chi connectivity index (χ0v) is 15.1. The molecule has 1 aliphatic rings. The molecule has 1 amide bonds. The number of ether oxygens (including phenoxy) is 4. The first-order valence-corrected chi connectivity index (χ1v) is 8.47. The summed E-state index contributed by atoms with van der Waals surface area (Å²) in [6, 6.07) is 5.10. The fourth-order valence-corrected chi connectivity index (χ4v) is 3.04. The molecule has 1 aromatic carbocycles. The van der Waals surface area contributed by atoms with E-state index in [9.17, 15) is 9.90 Å². The summed E-state index contributed by atoms with van der Waals surface area (Å²) in [5, 5.41) is 9.72. The summed E-state index contributed by atoms with van der Waals surface area (Å²) < 4.78 is 21.6. The van der Waals surface area contributed by atoms with Crippen molar-refractivity contribution in [3.05, 3.63) is 23.8 Å². The fourth-order valence-electron chi connectivity index (χ4n) is 3.04. The summed E-state index contributed by atoms with van der Waals surface area (Å²) in [5.41, 5.74) is 0.834. The Morgan fingerprint density at radius 1 is 1.32 bits per heavy atom. The molecule has 0 aromatic heterocycles. The number of hydrogen-bond donors (Lipinski definition) is 1. The van der Waals surface area contributed by atoms with Gasteiger partial charge in [0.25, 0.3) is 0 Å². The SMILES string of the molecule is CCOCCC(=O)N1CCO[C@H](CO)[C@H]1c1ccc(OC)c(OC)c1. The minimum absolute atomic E-state index is 0.0185. The lowest BCUT2D eigenvalue weighted by Crippen LogP contribution is -2.49. The molecule has 0 unspecified atom stereocenters. The lowest BCUT2D eigenvalue weighted by Gasteiger charge is -2.41. The highest BCUT2D eigenvalue weighted by molar-refractivity contribution is 5.77. The topological polar surface area (TPSA) is 77.5 Å². The van der Waals surface area contributed by atoms with Gasteiger partial charge < -0.3 is 29.0 Å². The Bertz CT molecular complexity index is 564. The second kappa shape index (κ2) is 9.60. The van der Waals surface area contributed by atoms with E-state index in [1.165, 1.54) is 0 Å². The van der Waals surface area contributed by atoms with E-state index in [2.05, 4.69) is 0 Å². The summed E-state index contributed by atoms with van der Waals surface area (Å²) in [7, 11) is 3.13. The molecule has 25 heavy (non-hydrogen) atoms. The van der Waals surface area contributed by atoms with Gasteiger partial charge in [0.1, 0.15) is 6.10 Å². The van der Waals surface area contributed by atoms with Crippen LogP contribution in [0.5, 0.6) is 11.5 Å². The highest BCUT2D eigenvalue weighted by Crippen LogP contribution is 2.35. The van der Waals surface area contributed by atoms with Crippen LogP contribution in [0.3, 0.4) is 0 Å². The number of rotatable bonds is 8. The Morgan fingerprint density at radius 2 is 2.08 bits per heavy atom. The molecule has 2 rings (SSSR count). The van der Waals surface area contributed by atoms with Gasteiger partial charge in [-0.05, 0) is 24.6 Å². The standard InChI is InChI=1S/C18H27NO6/c1-4-24-9-7-17(21)19-8-10-25-16(12-20)18(19)13-5-6-14(22-2)15(11-13)23-3/h5-6,11,16,18,20H,4,7-10,12H2,1-3H3/t16-,18-/m1/s1. The van der Waals surface area contributed by atoms with Gasteiger partial charge in [0.2, 0.25) is 5.91 Å². The van der Waals surface area contributed by atoms with E-state index < -0.39 is 6.10 Å². The monoisotopic (exact) mass is 353 g/mol. The number of hydrogen-bond acceptors (Lipinski definition) is 6. The summed E-state index contributed by atoms with van der Waals surface area (Å²) in [4.78, 5) is 14.4. The Morgan fingerprint density at radius 3 is 2.72 bits per heavy atom. The number of aliphatic hydroxyl groups excluding tert-OH is 1. The first kappa shape index (κ1) is 19.5. The van der Waals surface area contributed by atoms with Crippen LogP contribution in [0.4, 0.5) is 0 Å². The number of carbonyl (C=O) groups excluding carboxylic acids is 1. The molecule has 1 fully saturated rings. The van der Waals surface area contributed by atoms with Crippen molar-refractivity contribution in [3.63, 3.8) is 0 Å². The zero-order chi connectivity index (χ0) is 18.2. The van der Waals surface area contributed by atoms with Crippen molar-refractivity contribution in [1.29, 1.82) is 0 Å². The molecule has 7 heteroatoms. The minimum atomic E-state index is -0.483. The summed E-state index contributed by atoms with van der Waals surface area (Å²) in [5.74, 6) is 1.16. The van der Waals surface area contributed by atoms with Crippen LogP contribution in [0.25, 0.3) is 0 Å². The van der Waals surface area contributed by atoms with Crippen LogP contribution >= 0.6 is 0 Å². The van der Waals surface area contributed by atoms with E-state index in [0.29, 0.717) is 44.3 Å². The summed E-state index contributed by atoms with van der Waals surface area (Å²) >= 11 is 0. The molecule has 0 spiro atoms. The highest BCUT2D eigenvalue weighted by atomic mass is 16.5. The van der Waals surface area contributed by atoms with Gasteiger partial charge in [-0.2, -0.15) is 0 Å². The van der Waals surface area contributed by atoms with Gasteiger partial charge in [0.15, 0.2) is 11.5 Å². The second-order valence-corrected chi connectivity index (χ2v) is 5.69. The number of methoxy groups -OCH3 is 2. The van der Waals surface area contributed by atoms with E-state index in [0.717, 1.165) is 5.56 Å². The molecular weight excluding hydrogens is 326 g/mol. The molecule has 7 nitrogen and oxygen atoms in total. The van der Waals surface area contributed by atoms with Crippen molar-refractivity contribution in [2.24, 2.45) is 0 Å². The van der Waals surface area contributed by atoms with Crippen molar-refractivity contribution in [2.75, 3.05) is 47.2 Å². The number of aliphatic hydroxyl groups is 1. The molecule has 1 heterocycles. The predicted molar refractivity (Wildman–Crippen MR) is 91.9 cm³/mol. The fraction of sp³-hybridized carbons (Fsp3) is 0.611. The van der Waals surface area contributed by atoms with Gasteiger partial charge in [0, 0.05) is 13.2 Å². The maximum atomic E-state index is 12.6. The lowest BCUT2D eigenvalue weighted by atomic mass is 9.97. The number of nitrogens with zero attached hydrogens (tertiary/aromatic N) is 1. The van der Waals surface area contributed by atoms with Gasteiger partial charge in [0.05, 0.1) is 46.5 Å². The molecule has 1 N–H and O–H groups in total. The first-order valence-electron chi connectivity index (χ1n) is 8.47. The Hall–Kier alpha value is -1.83. The largest absolute Gasteiger partial charge is 0.493 e. The number of amides is 1. The van der Waals surface area contributed by atoms with Crippen LogP contribution in [0.2, 0.25) is 0 Å². The molecule has 0 saturated carbocycles. The van der Waals surface area contributed by atoms with Crippen LogP contribution < -0.4 is 9.47 Å². The molecule has 140 valence electrons. The van der Waals surface area contributed by atoms with Crippen LogP contribution in [-0.4, -0.2) is 69.2 Å². The third kappa shape index (κ3) is 4.62. The molecule has 1 aromatic rings. The molecule has 0 bridgehead atoms. The zero-order valence-electron chi connectivity index (χ0n) is 15.1. The smallest absolute Gasteiger partial charge is 0.225 e. The van der Waals surface area contributed by atoms with E-state index >= 15 is 0 Å². The van der Waals surface area contributed by atoms with E-state index in [-0.39, 0.29) is 18.6 Å². The van der Waals surface area contributed by atoms with Gasteiger partial charge in [-0.3, -0.25) is 4.79 Å². The second-order valence-electron chi connectivity index (χ2n) is 5.69. The van der Waals surface area contributed by atoms with Crippen molar-refractivity contribution in [3.8, 4) is 11.5 Å². The third-order valence-electron chi connectivity index (χ3n) is 4.27. The van der Waals surface area contributed by atoms with Crippen molar-refractivity contribution >= 4 is 5.91 Å². The Labute approximate surface area is 148 Å². The van der Waals surface area contributed by atoms with Gasteiger partial charge in [-0.25, -0.2) is 0 Å². The quantitative estimate of drug-likeness (QED) is 0.712. The predicted octanol–water partition coefficient (Wildman–Crippen LogP) is 1.39. The first-order chi connectivity index (χ1) is 12.2. The molecular formula is C18H27NO6. The van der Waals surface area contributed by atoms with Gasteiger partial charge in [-0.15, -0.1) is 0 Å². The molecule has 0 aliphatic carbocycles. The van der Waals surface area contributed by atoms with Crippen LogP contribution in [0.1, 0.15) is 24.9 Å². The molecule has 2 atom stereocenters. The summed E-state index contributed by atoms with van der Waals surface area (Å²) in [6.07, 6.45) is -0.182. The van der Waals surface area contributed by atoms with Crippen LogP contribution in [0.15, 0.2) is 18.2 Å². The van der Waals surface area contributed by atoms with Gasteiger partial charge >= 0.3 is 0 Å². The van der Waals surface area contributed by atoms with Crippen LogP contribution in [0, 0.1) is 0 Å². The molecule has 1 aliphatic heterocycles. The van der Waals surface area contributed by atoms with E-state index in [4.69, 9.17) is 18.9 Å². The van der Waals surface area contributed by atoms with E-state index in [1.807, 2.05) is 19.1 Å².